The summed E-state index contributed by atoms with van der Waals surface area (Å²) in [5, 5.41) is 9.57. The molecule has 0 bridgehead atoms. The second-order valence-corrected chi connectivity index (χ2v) is 4.43. The monoisotopic (exact) mass is 250 g/mol. The third kappa shape index (κ3) is 2.35. The van der Waals surface area contributed by atoms with Crippen molar-refractivity contribution < 1.29 is 5.11 Å². The number of rotatable bonds is 3. The highest BCUT2D eigenvalue weighted by Gasteiger charge is 2.13. The van der Waals surface area contributed by atoms with E-state index in [9.17, 15) is 0 Å². The summed E-state index contributed by atoms with van der Waals surface area (Å²) in [6.07, 6.45) is 0.516. The molecular weight excluding hydrogens is 236 g/mol. The SMILES string of the molecule is Cc1cccc(-c2nc(CCO)n(C)c2Cl)c1. The van der Waals surface area contributed by atoms with Crippen LogP contribution < -0.4 is 0 Å². The molecule has 3 nitrogen and oxygen atoms in total. The molecule has 1 heterocycles. The average Bonchev–Trinajstić information content (AvgIpc) is 2.58. The van der Waals surface area contributed by atoms with Crippen LogP contribution in [0.5, 0.6) is 0 Å². The number of benzene rings is 1. The molecule has 0 saturated heterocycles. The van der Waals surface area contributed by atoms with Crippen molar-refractivity contribution in [1.29, 1.82) is 0 Å². The maximum atomic E-state index is 8.96. The van der Waals surface area contributed by atoms with E-state index in [4.69, 9.17) is 16.7 Å². The van der Waals surface area contributed by atoms with Crippen LogP contribution in [0.15, 0.2) is 24.3 Å². The molecule has 4 heteroatoms. The van der Waals surface area contributed by atoms with E-state index in [1.165, 1.54) is 5.56 Å². The summed E-state index contributed by atoms with van der Waals surface area (Å²) in [7, 11) is 1.86. The van der Waals surface area contributed by atoms with E-state index in [1.807, 2.05) is 36.7 Å². The average molecular weight is 251 g/mol. The van der Waals surface area contributed by atoms with Crippen molar-refractivity contribution in [2.75, 3.05) is 6.61 Å². The Morgan fingerprint density at radius 2 is 2.18 bits per heavy atom. The van der Waals surface area contributed by atoms with Gasteiger partial charge in [-0.3, -0.25) is 0 Å². The lowest BCUT2D eigenvalue weighted by molar-refractivity contribution is 0.295. The van der Waals surface area contributed by atoms with Gasteiger partial charge in [-0.1, -0.05) is 35.4 Å². The predicted molar refractivity (Wildman–Crippen MR) is 69.2 cm³/mol. The third-order valence-corrected chi connectivity index (χ3v) is 3.18. The standard InChI is InChI=1S/C13H15ClN2O/c1-9-4-3-5-10(8-9)12-13(14)16(2)11(15-12)6-7-17/h3-5,8,17H,6-7H2,1-2H3. The van der Waals surface area contributed by atoms with E-state index >= 15 is 0 Å². The van der Waals surface area contributed by atoms with Crippen LogP contribution in [0.25, 0.3) is 11.3 Å². The summed E-state index contributed by atoms with van der Waals surface area (Å²) >= 11 is 6.26. The first kappa shape index (κ1) is 12.1. The van der Waals surface area contributed by atoms with Crippen LogP contribution in [0.3, 0.4) is 0 Å². The Bertz CT molecular complexity index is 534. The molecule has 0 aliphatic carbocycles. The highest BCUT2D eigenvalue weighted by Crippen LogP contribution is 2.28. The maximum Gasteiger partial charge on any atom is 0.136 e. The smallest absolute Gasteiger partial charge is 0.136 e. The van der Waals surface area contributed by atoms with Crippen molar-refractivity contribution in [1.82, 2.24) is 9.55 Å². The molecule has 0 radical (unpaired) electrons. The fourth-order valence-electron chi connectivity index (χ4n) is 1.82. The highest BCUT2D eigenvalue weighted by molar-refractivity contribution is 6.32. The molecule has 90 valence electrons. The van der Waals surface area contributed by atoms with E-state index in [-0.39, 0.29) is 6.61 Å². The van der Waals surface area contributed by atoms with Gasteiger partial charge in [-0.2, -0.15) is 0 Å². The van der Waals surface area contributed by atoms with E-state index in [0.29, 0.717) is 11.6 Å². The quantitative estimate of drug-likeness (QED) is 0.909. The maximum absolute atomic E-state index is 8.96. The number of aromatic nitrogens is 2. The first-order valence-electron chi connectivity index (χ1n) is 5.52. The number of hydrogen-bond acceptors (Lipinski definition) is 2. The fraction of sp³-hybridized carbons (Fsp3) is 0.308. The lowest BCUT2D eigenvalue weighted by Gasteiger charge is -2.00. The van der Waals surface area contributed by atoms with Gasteiger partial charge in [0.2, 0.25) is 0 Å². The molecule has 0 spiro atoms. The topological polar surface area (TPSA) is 38.1 Å². The number of hydrogen-bond donors (Lipinski definition) is 1. The third-order valence-electron chi connectivity index (χ3n) is 2.74. The largest absolute Gasteiger partial charge is 0.396 e. The number of aliphatic hydroxyl groups excluding tert-OH is 1. The fourth-order valence-corrected chi connectivity index (χ4v) is 2.07. The molecule has 0 amide bonds. The Morgan fingerprint density at radius 3 is 2.82 bits per heavy atom. The molecular formula is C13H15ClN2O. The zero-order chi connectivity index (χ0) is 12.4. The van der Waals surface area contributed by atoms with Gasteiger partial charge in [0, 0.05) is 19.0 Å². The van der Waals surface area contributed by atoms with Gasteiger partial charge in [-0.25, -0.2) is 4.98 Å². The number of imidazole rings is 1. The van der Waals surface area contributed by atoms with Crippen molar-refractivity contribution in [2.24, 2.45) is 7.05 Å². The van der Waals surface area contributed by atoms with Crippen LogP contribution in [-0.2, 0) is 13.5 Å². The van der Waals surface area contributed by atoms with E-state index in [2.05, 4.69) is 11.1 Å². The Kier molecular flexibility index (Phi) is 3.50. The van der Waals surface area contributed by atoms with Gasteiger partial charge in [0.1, 0.15) is 16.7 Å². The van der Waals surface area contributed by atoms with Crippen LogP contribution in [0.2, 0.25) is 5.15 Å². The molecule has 1 aromatic carbocycles. The van der Waals surface area contributed by atoms with E-state index in [0.717, 1.165) is 17.1 Å². The molecule has 17 heavy (non-hydrogen) atoms. The summed E-state index contributed by atoms with van der Waals surface area (Å²) in [6.45, 7) is 2.11. The molecule has 0 aliphatic heterocycles. The Morgan fingerprint density at radius 1 is 1.41 bits per heavy atom. The Hall–Kier alpha value is -1.32. The predicted octanol–water partition coefficient (Wildman–Crippen LogP) is 2.58. The molecule has 0 fully saturated rings. The second-order valence-electron chi connectivity index (χ2n) is 4.07. The van der Waals surface area contributed by atoms with Crippen molar-refractivity contribution in [3.8, 4) is 11.3 Å². The second kappa shape index (κ2) is 4.90. The molecule has 2 aromatic rings. The zero-order valence-electron chi connectivity index (χ0n) is 9.94. The van der Waals surface area contributed by atoms with Crippen molar-refractivity contribution >= 4 is 11.6 Å². The lowest BCUT2D eigenvalue weighted by Crippen LogP contribution is -2.00. The molecule has 0 aliphatic rings. The van der Waals surface area contributed by atoms with Gasteiger partial charge in [0.15, 0.2) is 0 Å². The summed E-state index contributed by atoms with van der Waals surface area (Å²) in [6, 6.07) is 8.07. The molecule has 2 rings (SSSR count). The minimum absolute atomic E-state index is 0.0778. The Balaban J connectivity index is 2.49. The minimum Gasteiger partial charge on any atom is -0.396 e. The first-order valence-corrected chi connectivity index (χ1v) is 5.90. The lowest BCUT2D eigenvalue weighted by atomic mass is 10.1. The van der Waals surface area contributed by atoms with Gasteiger partial charge >= 0.3 is 0 Å². The number of aliphatic hydroxyl groups is 1. The molecule has 1 aromatic heterocycles. The Labute approximate surface area is 106 Å². The van der Waals surface area contributed by atoms with Gasteiger partial charge in [0.25, 0.3) is 0 Å². The summed E-state index contributed by atoms with van der Waals surface area (Å²) in [4.78, 5) is 4.48. The molecule has 1 N–H and O–H groups in total. The van der Waals surface area contributed by atoms with Crippen molar-refractivity contribution in [3.63, 3.8) is 0 Å². The van der Waals surface area contributed by atoms with Gasteiger partial charge in [0.05, 0.1) is 6.61 Å². The molecule has 0 unspecified atom stereocenters. The summed E-state index contributed by atoms with van der Waals surface area (Å²) in [5.41, 5.74) is 2.96. The summed E-state index contributed by atoms with van der Waals surface area (Å²) in [5.74, 6) is 0.800. The normalized spacial score (nSPS) is 10.8. The number of nitrogens with zero attached hydrogens (tertiary/aromatic N) is 2. The van der Waals surface area contributed by atoms with E-state index in [1.54, 1.807) is 0 Å². The van der Waals surface area contributed by atoms with Crippen LogP contribution >= 0.6 is 11.6 Å². The highest BCUT2D eigenvalue weighted by atomic mass is 35.5. The van der Waals surface area contributed by atoms with Gasteiger partial charge < -0.3 is 9.67 Å². The summed E-state index contributed by atoms with van der Waals surface area (Å²) < 4.78 is 1.81. The van der Waals surface area contributed by atoms with Gasteiger partial charge in [-0.15, -0.1) is 0 Å². The minimum atomic E-state index is 0.0778. The number of aryl methyl sites for hydroxylation is 1. The van der Waals surface area contributed by atoms with Crippen molar-refractivity contribution in [2.45, 2.75) is 13.3 Å². The number of halogens is 1. The van der Waals surface area contributed by atoms with Crippen molar-refractivity contribution in [3.05, 3.63) is 40.8 Å². The van der Waals surface area contributed by atoms with Gasteiger partial charge in [-0.05, 0) is 13.0 Å². The van der Waals surface area contributed by atoms with Crippen LogP contribution in [0, 0.1) is 6.92 Å². The van der Waals surface area contributed by atoms with Crippen LogP contribution in [-0.4, -0.2) is 21.3 Å². The van der Waals surface area contributed by atoms with Crippen LogP contribution in [0.4, 0.5) is 0 Å². The molecule has 0 atom stereocenters. The van der Waals surface area contributed by atoms with E-state index < -0.39 is 0 Å². The first-order chi connectivity index (χ1) is 8.13. The molecule has 0 saturated carbocycles. The van der Waals surface area contributed by atoms with Crippen LogP contribution in [0.1, 0.15) is 11.4 Å². The zero-order valence-corrected chi connectivity index (χ0v) is 10.7.